The van der Waals surface area contributed by atoms with Crippen molar-refractivity contribution in [2.45, 2.75) is 36.9 Å². The lowest BCUT2D eigenvalue weighted by Crippen LogP contribution is -2.52. The van der Waals surface area contributed by atoms with E-state index in [1.54, 1.807) is 13.0 Å². The normalized spacial score (nSPS) is 12.4. The molecule has 3 aromatic carbocycles. The number of likely N-dealkylation sites (N-methyl/N-ethyl adjacent to an activating group) is 1. The van der Waals surface area contributed by atoms with E-state index in [1.165, 1.54) is 42.3 Å². The largest absolute Gasteiger partial charge is 0.416 e. The van der Waals surface area contributed by atoms with E-state index in [9.17, 15) is 31.2 Å². The van der Waals surface area contributed by atoms with Gasteiger partial charge < -0.3 is 10.2 Å². The number of hydrogen-bond donors (Lipinski definition) is 1. The Morgan fingerprint density at radius 1 is 0.923 bits per heavy atom. The molecular weight excluding hydrogens is 531 g/mol. The first-order valence-electron chi connectivity index (χ1n) is 12.3. The molecule has 3 aromatic rings. The van der Waals surface area contributed by atoms with Crippen LogP contribution in [-0.2, 0) is 32.2 Å². The van der Waals surface area contributed by atoms with E-state index < -0.39 is 46.2 Å². The maximum absolute atomic E-state index is 13.7. The van der Waals surface area contributed by atoms with Crippen molar-refractivity contribution in [1.82, 2.24) is 10.2 Å². The SMILES string of the molecule is CC[C@@H](C(=O)NC)N(CCc1ccccc1)C(=O)CN(c1cccc(C(F)(F)F)c1)S(=O)(=O)c1ccccc1. The number of benzene rings is 3. The summed E-state index contributed by atoms with van der Waals surface area (Å²) in [4.78, 5) is 27.5. The molecule has 0 aliphatic heterocycles. The van der Waals surface area contributed by atoms with Gasteiger partial charge in [-0.15, -0.1) is 0 Å². The van der Waals surface area contributed by atoms with Crippen LogP contribution >= 0.6 is 0 Å². The molecule has 1 atom stereocenters. The number of amides is 2. The van der Waals surface area contributed by atoms with Crippen molar-refractivity contribution >= 4 is 27.5 Å². The summed E-state index contributed by atoms with van der Waals surface area (Å²) < 4.78 is 68.5. The molecule has 11 heteroatoms. The molecule has 7 nitrogen and oxygen atoms in total. The molecular formula is C28H30F3N3O4S. The van der Waals surface area contributed by atoms with Gasteiger partial charge in [-0.3, -0.25) is 13.9 Å². The molecule has 39 heavy (non-hydrogen) atoms. The molecule has 0 aliphatic carbocycles. The van der Waals surface area contributed by atoms with Gasteiger partial charge in [0.2, 0.25) is 11.8 Å². The molecule has 0 fully saturated rings. The monoisotopic (exact) mass is 561 g/mol. The number of carbonyl (C=O) groups is 2. The molecule has 3 rings (SSSR count). The fraction of sp³-hybridized carbons (Fsp3) is 0.286. The van der Waals surface area contributed by atoms with Crippen LogP contribution in [0.1, 0.15) is 24.5 Å². The average molecular weight is 562 g/mol. The van der Waals surface area contributed by atoms with E-state index in [-0.39, 0.29) is 23.5 Å². The van der Waals surface area contributed by atoms with E-state index in [1.807, 2.05) is 30.3 Å². The maximum Gasteiger partial charge on any atom is 0.416 e. The summed E-state index contributed by atoms with van der Waals surface area (Å²) in [7, 11) is -3.02. The van der Waals surface area contributed by atoms with Crippen molar-refractivity contribution in [3.8, 4) is 0 Å². The number of carbonyl (C=O) groups excluding carboxylic acids is 2. The highest BCUT2D eigenvalue weighted by Crippen LogP contribution is 2.33. The van der Waals surface area contributed by atoms with Gasteiger partial charge in [-0.05, 0) is 48.7 Å². The summed E-state index contributed by atoms with van der Waals surface area (Å²) in [5.41, 5.74) is -0.481. The topological polar surface area (TPSA) is 86.8 Å². The number of sulfonamides is 1. The molecule has 0 radical (unpaired) electrons. The second-order valence-corrected chi connectivity index (χ2v) is 10.6. The summed E-state index contributed by atoms with van der Waals surface area (Å²) >= 11 is 0. The number of alkyl halides is 3. The number of anilines is 1. The highest BCUT2D eigenvalue weighted by molar-refractivity contribution is 7.92. The van der Waals surface area contributed by atoms with Gasteiger partial charge in [-0.1, -0.05) is 61.5 Å². The van der Waals surface area contributed by atoms with Crippen molar-refractivity contribution in [3.05, 3.63) is 96.1 Å². The Morgan fingerprint density at radius 2 is 1.54 bits per heavy atom. The van der Waals surface area contributed by atoms with Gasteiger partial charge in [-0.2, -0.15) is 13.2 Å². The van der Waals surface area contributed by atoms with Crippen LogP contribution in [0.3, 0.4) is 0 Å². The quantitative estimate of drug-likeness (QED) is 0.374. The Balaban J connectivity index is 2.05. The molecule has 0 saturated carbocycles. The Bertz CT molecular complexity index is 1370. The van der Waals surface area contributed by atoms with Crippen LogP contribution in [0.5, 0.6) is 0 Å². The van der Waals surface area contributed by atoms with Crippen LogP contribution in [0.25, 0.3) is 0 Å². The Hall–Kier alpha value is -3.86. The smallest absolute Gasteiger partial charge is 0.357 e. The van der Waals surface area contributed by atoms with Crippen LogP contribution in [0.15, 0.2) is 89.8 Å². The first-order valence-corrected chi connectivity index (χ1v) is 13.7. The Kier molecular flexibility index (Phi) is 9.74. The highest BCUT2D eigenvalue weighted by Gasteiger charge is 2.35. The van der Waals surface area contributed by atoms with Crippen LogP contribution in [0.2, 0.25) is 0 Å². The fourth-order valence-corrected chi connectivity index (χ4v) is 5.58. The predicted molar refractivity (Wildman–Crippen MR) is 142 cm³/mol. The van der Waals surface area contributed by atoms with E-state index in [4.69, 9.17) is 0 Å². The van der Waals surface area contributed by atoms with Crippen LogP contribution in [0, 0.1) is 0 Å². The van der Waals surface area contributed by atoms with E-state index in [2.05, 4.69) is 5.32 Å². The van der Waals surface area contributed by atoms with Gasteiger partial charge in [0, 0.05) is 13.6 Å². The molecule has 0 unspecified atom stereocenters. The number of hydrogen-bond acceptors (Lipinski definition) is 4. The average Bonchev–Trinajstić information content (AvgIpc) is 2.94. The first-order chi connectivity index (χ1) is 18.5. The zero-order chi connectivity index (χ0) is 28.6. The second kappa shape index (κ2) is 12.8. The van der Waals surface area contributed by atoms with Crippen LogP contribution < -0.4 is 9.62 Å². The Morgan fingerprint density at radius 3 is 2.10 bits per heavy atom. The Labute approximate surface area is 226 Å². The summed E-state index contributed by atoms with van der Waals surface area (Å²) in [5.74, 6) is -1.16. The fourth-order valence-electron chi connectivity index (χ4n) is 4.15. The number of nitrogens with one attached hydrogen (secondary N) is 1. The third-order valence-electron chi connectivity index (χ3n) is 6.19. The van der Waals surface area contributed by atoms with Gasteiger partial charge >= 0.3 is 6.18 Å². The molecule has 0 spiro atoms. The van der Waals surface area contributed by atoms with Gasteiger partial charge in [0.1, 0.15) is 12.6 Å². The molecule has 1 N–H and O–H groups in total. The van der Waals surface area contributed by atoms with Gasteiger partial charge in [0.15, 0.2) is 0 Å². The molecule has 208 valence electrons. The van der Waals surface area contributed by atoms with E-state index in [0.29, 0.717) is 16.8 Å². The molecule has 0 aromatic heterocycles. The van der Waals surface area contributed by atoms with Crippen molar-refractivity contribution in [2.75, 3.05) is 24.4 Å². The zero-order valence-corrected chi connectivity index (χ0v) is 22.4. The second-order valence-electron chi connectivity index (χ2n) is 8.73. The van der Waals surface area contributed by atoms with Crippen molar-refractivity contribution in [1.29, 1.82) is 0 Å². The summed E-state index contributed by atoms with van der Waals surface area (Å²) in [6, 6.07) is 19.3. The van der Waals surface area contributed by atoms with Gasteiger partial charge in [0.25, 0.3) is 10.0 Å². The summed E-state index contributed by atoms with van der Waals surface area (Å²) in [5, 5.41) is 2.53. The molecule has 0 saturated heterocycles. The number of halogens is 3. The van der Waals surface area contributed by atoms with E-state index in [0.717, 1.165) is 17.7 Å². The third-order valence-corrected chi connectivity index (χ3v) is 7.98. The lowest BCUT2D eigenvalue weighted by molar-refractivity contribution is -0.139. The van der Waals surface area contributed by atoms with Crippen molar-refractivity contribution < 1.29 is 31.2 Å². The minimum Gasteiger partial charge on any atom is -0.357 e. The van der Waals surface area contributed by atoms with Crippen LogP contribution in [-0.4, -0.2) is 51.3 Å². The lowest BCUT2D eigenvalue weighted by atomic mass is 10.1. The molecule has 0 heterocycles. The molecule has 2 amide bonds. The maximum atomic E-state index is 13.7. The van der Waals surface area contributed by atoms with Gasteiger partial charge in [0.05, 0.1) is 16.1 Å². The highest BCUT2D eigenvalue weighted by atomic mass is 32.2. The van der Waals surface area contributed by atoms with E-state index >= 15 is 0 Å². The zero-order valence-electron chi connectivity index (χ0n) is 21.6. The molecule has 0 bridgehead atoms. The van der Waals surface area contributed by atoms with Crippen molar-refractivity contribution in [3.63, 3.8) is 0 Å². The number of rotatable bonds is 11. The van der Waals surface area contributed by atoms with Crippen molar-refractivity contribution in [2.24, 2.45) is 0 Å². The minimum absolute atomic E-state index is 0.0938. The predicted octanol–water partition coefficient (Wildman–Crippen LogP) is 4.50. The number of nitrogens with zero attached hydrogens (tertiary/aromatic N) is 2. The van der Waals surface area contributed by atoms with Gasteiger partial charge in [-0.25, -0.2) is 8.42 Å². The molecule has 0 aliphatic rings. The minimum atomic E-state index is -4.73. The first kappa shape index (κ1) is 29.7. The third kappa shape index (κ3) is 7.38. The summed E-state index contributed by atoms with van der Waals surface area (Å²) in [6.45, 7) is 1.01. The van der Waals surface area contributed by atoms with Crippen LogP contribution in [0.4, 0.5) is 18.9 Å². The summed E-state index contributed by atoms with van der Waals surface area (Å²) in [6.07, 6.45) is -4.10. The lowest BCUT2D eigenvalue weighted by Gasteiger charge is -2.33. The standard InChI is InChI=1S/C28H30F3N3O4S/c1-3-25(27(36)32-2)33(18-17-21-11-6-4-7-12-21)26(35)20-34(39(37,38)24-15-8-5-9-16-24)23-14-10-13-22(19-23)28(29,30)31/h4-16,19,25H,3,17-18,20H2,1-2H3,(H,32,36)/t25-/m0/s1.